The molecule has 0 aliphatic heterocycles. The number of carbonyl (C=O) groups is 9. The number of amides is 6. The largest absolute Gasteiger partial charge is 0.480 e. The van der Waals surface area contributed by atoms with Crippen LogP contribution >= 0.6 is 73.0 Å². The Balaban J connectivity index is -0.000000354. The van der Waals surface area contributed by atoms with Gasteiger partial charge in [-0.2, -0.15) is 60.5 Å². The molecule has 0 saturated heterocycles. The molecule has 0 heterocycles. The fraction of sp³-hybridized carbons (Fsp3) is 0.894. The molecule has 13 N–H and O–H groups in total. The average molecular weight is 1770 g/mol. The van der Waals surface area contributed by atoms with Crippen molar-refractivity contribution in [2.45, 2.75) is 401 Å². The Morgan fingerprint density at radius 2 is 0.621 bits per heavy atom. The molecule has 0 aliphatic rings. The number of thioether (sulfide) groups is 3. The second-order valence-electron chi connectivity index (χ2n) is 33.2. The molecule has 116 heavy (non-hydrogen) atoms. The van der Waals surface area contributed by atoms with Crippen LogP contribution in [0.5, 0.6) is 0 Å². The van der Waals surface area contributed by atoms with E-state index in [0.29, 0.717) is 44.1 Å². The summed E-state index contributed by atoms with van der Waals surface area (Å²) < 4.78 is 20.7. The first kappa shape index (κ1) is 123. The van der Waals surface area contributed by atoms with Gasteiger partial charge in [-0.3, -0.25) is 14.4 Å². The number of thiol groups is 2. The highest BCUT2D eigenvalue weighted by atomic mass is 35.5. The predicted octanol–water partition coefficient (Wildman–Crippen LogP) is 19.3. The van der Waals surface area contributed by atoms with E-state index in [-0.39, 0.29) is 41.8 Å². The number of rotatable bonds is 62. The summed E-state index contributed by atoms with van der Waals surface area (Å²) >= 11 is 12.6. The average Bonchev–Trinajstić information content (AvgIpc) is 0.874. The molecule has 0 aromatic carbocycles. The summed E-state index contributed by atoms with van der Waals surface area (Å²) in [5, 5.41) is 36.0. The Kier molecular flexibility index (Phi) is 86.0. The Bertz CT molecular complexity index is 2410. The van der Waals surface area contributed by atoms with Crippen LogP contribution in [0.2, 0.25) is 0 Å². The molecule has 0 rings (SSSR count). The molecular formula is C85H172ClN9O16S5. The number of unbranched alkanes of at least 4 members (excludes halogenated alkanes) is 29. The van der Waals surface area contributed by atoms with E-state index in [9.17, 15) is 48.3 Å². The second-order valence-corrected chi connectivity index (χ2v) is 37.4. The summed E-state index contributed by atoms with van der Waals surface area (Å²) in [4.78, 5) is 109. The number of alkyl carbamates (subject to hydrolysis) is 4. The third-order valence-corrected chi connectivity index (χ3v) is 21.1. The Morgan fingerprint density at radius 1 is 0.345 bits per heavy atom. The summed E-state index contributed by atoms with van der Waals surface area (Å²) in [5.41, 5.74) is 14.2. The molecular weight excluding hydrogens is 1600 g/mol. The second kappa shape index (κ2) is 81.0. The minimum absolute atomic E-state index is 0. The van der Waals surface area contributed by atoms with Crippen LogP contribution in [-0.4, -0.2) is 217 Å². The van der Waals surface area contributed by atoms with Crippen molar-refractivity contribution in [3.63, 3.8) is 0 Å². The number of carbonyl (C=O) groups excluding carboxylic acids is 6. The minimum Gasteiger partial charge on any atom is -0.480 e. The van der Waals surface area contributed by atoms with Gasteiger partial charge in [0.25, 0.3) is 0 Å². The normalized spacial score (nSPS) is 12.5. The van der Waals surface area contributed by atoms with Crippen LogP contribution in [-0.2, 0) is 42.9 Å². The monoisotopic (exact) mass is 1770 g/mol. The molecule has 0 aliphatic carbocycles. The lowest BCUT2D eigenvalue weighted by atomic mass is 10.1. The number of nitrogens with one attached hydrogen (secondary N) is 4. The van der Waals surface area contributed by atoms with Crippen LogP contribution in [0.25, 0.3) is 0 Å². The summed E-state index contributed by atoms with van der Waals surface area (Å²) in [7, 11) is 0. The standard InChI is InChI=1S/C32H63N3O5S.C22H47N3OS.C20H39NO4S.C8H15NO4S.C3H7NO2S.ClH/c1-9-11-13-14-15-16-17-18-19-20-25-41-26-27(34-30(38)40-32(6,7)8)28(36)35(23-12-10-2)24-21-22-33-29(37)39-31(3,4)5;1-3-5-7-8-9-10-11-12-13-14-19-27-20-21(24)22(26)25(17-6-4-2)18-15-16-23;1-5-6-7-8-9-10-11-12-13-14-15-26-16-17(18(22)23)21-19(24)25-20(2,3)4;1-8(2,3)13-7(12)9-5(4-14)6(10)11;4-2(1-7)3(5)6;/h27H,9-26H2,1-8H3,(H,33,37)(H,34,38);21H,3-20,23-24H2,1-2H3;17H,5-16H2,1-4H3,(H,21,24)(H,22,23);5,14H,4H2,1-3H3,(H,9,12)(H,10,11);2,7H,1,4H2,(H,5,6);1H/t27-;21-;17-;5-;2-;/m11111./s1. The number of nitrogens with zero attached hydrogens (tertiary/aromatic N) is 2. The lowest BCUT2D eigenvalue weighted by molar-refractivity contribution is -0.139. The summed E-state index contributed by atoms with van der Waals surface area (Å²) in [6, 6.07) is -3.77. The van der Waals surface area contributed by atoms with Crippen LogP contribution in [0.1, 0.15) is 349 Å². The molecule has 0 fully saturated rings. The Hall–Kier alpha value is -3.65. The number of hydrogen-bond donors (Lipinski definition) is 12. The number of aliphatic carboxylic acids is 3. The number of carboxylic acid groups (broad SMARTS) is 3. The smallest absolute Gasteiger partial charge is 0.408 e. The summed E-state index contributed by atoms with van der Waals surface area (Å²) in [5.74, 6) is 1.68. The van der Waals surface area contributed by atoms with Crippen LogP contribution in [0.3, 0.4) is 0 Å². The third-order valence-electron chi connectivity index (χ3n) is 16.9. The lowest BCUT2D eigenvalue weighted by Crippen LogP contribution is -2.51. The zero-order valence-corrected chi connectivity index (χ0v) is 80.6. The molecule has 0 radical (unpaired) electrons. The van der Waals surface area contributed by atoms with E-state index in [1.165, 1.54) is 180 Å². The first-order valence-electron chi connectivity index (χ1n) is 43.5. The maximum absolute atomic E-state index is 13.6. The summed E-state index contributed by atoms with van der Waals surface area (Å²) in [6.07, 6.45) is 42.4. The molecule has 6 amide bonds. The molecule has 0 aromatic rings. The SMILES string of the molecule is CC(C)(C)OC(=O)N[C@H](CS)C(=O)O.CCCCCCCCCCCCSC[C@@H](N)C(=O)N(CCCC)CCCN.CCCCCCCCCCCCSC[C@@H](NC(=O)OC(C)(C)C)C(=O)N(CCCC)CCCNC(=O)OC(C)(C)C.CCCCCCCCCCCCSC[C@@H](NC(=O)OC(C)(C)C)C(=O)O.Cl.N[C@H](CS)C(=O)O. The van der Waals surface area contributed by atoms with Gasteiger partial charge in [0.15, 0.2) is 0 Å². The van der Waals surface area contributed by atoms with Gasteiger partial charge >= 0.3 is 42.3 Å². The van der Waals surface area contributed by atoms with Gasteiger partial charge in [0.1, 0.15) is 46.6 Å². The molecule has 0 spiro atoms. The van der Waals surface area contributed by atoms with Gasteiger partial charge < -0.3 is 82.5 Å². The van der Waals surface area contributed by atoms with Crippen molar-refractivity contribution in [3.05, 3.63) is 0 Å². The van der Waals surface area contributed by atoms with Gasteiger partial charge in [-0.25, -0.2) is 28.8 Å². The zero-order chi connectivity index (χ0) is 88.4. The molecule has 0 saturated carbocycles. The quantitative estimate of drug-likeness (QED) is 0.0153. The Morgan fingerprint density at radius 3 is 0.914 bits per heavy atom. The van der Waals surface area contributed by atoms with Crippen molar-refractivity contribution in [1.29, 1.82) is 0 Å². The molecule has 0 unspecified atom stereocenters. The third kappa shape index (κ3) is 89.6. The topological polar surface area (TPSA) is 384 Å². The zero-order valence-electron chi connectivity index (χ0n) is 75.5. The molecule has 0 aromatic heterocycles. The fourth-order valence-corrected chi connectivity index (χ4v) is 14.0. The van der Waals surface area contributed by atoms with Gasteiger partial charge in [-0.15, -0.1) is 12.4 Å². The van der Waals surface area contributed by atoms with Crippen molar-refractivity contribution in [2.24, 2.45) is 17.2 Å². The highest BCUT2D eigenvalue weighted by Crippen LogP contribution is 2.20. The Labute approximate surface area is 734 Å². The fourth-order valence-electron chi connectivity index (χ4n) is 10.6. The van der Waals surface area contributed by atoms with E-state index in [0.717, 1.165) is 81.0 Å². The first-order valence-corrected chi connectivity index (χ1v) is 48.3. The van der Waals surface area contributed by atoms with Crippen molar-refractivity contribution >= 4 is 127 Å². The maximum Gasteiger partial charge on any atom is 0.408 e. The van der Waals surface area contributed by atoms with Crippen LogP contribution in [0, 0.1) is 0 Å². The van der Waals surface area contributed by atoms with E-state index in [4.69, 9.17) is 46.4 Å². The van der Waals surface area contributed by atoms with Gasteiger partial charge in [0.2, 0.25) is 11.8 Å². The predicted molar refractivity (Wildman–Crippen MR) is 496 cm³/mol. The highest BCUT2D eigenvalue weighted by Gasteiger charge is 2.30. The lowest BCUT2D eigenvalue weighted by Gasteiger charge is -2.29. The van der Waals surface area contributed by atoms with Gasteiger partial charge in [0, 0.05) is 61.5 Å². The molecule has 31 heteroatoms. The summed E-state index contributed by atoms with van der Waals surface area (Å²) in [6.45, 7) is 35.9. The molecule has 5 atom stereocenters. The van der Waals surface area contributed by atoms with Gasteiger partial charge in [-0.05, 0) is 152 Å². The van der Waals surface area contributed by atoms with E-state index in [1.807, 2.05) is 63.1 Å². The van der Waals surface area contributed by atoms with Crippen LogP contribution in [0.4, 0.5) is 19.2 Å². The van der Waals surface area contributed by atoms with Crippen molar-refractivity contribution in [3.8, 4) is 0 Å². The van der Waals surface area contributed by atoms with E-state index < -0.39 is 88.9 Å². The van der Waals surface area contributed by atoms with Crippen LogP contribution in [0.15, 0.2) is 0 Å². The van der Waals surface area contributed by atoms with E-state index in [2.05, 4.69) is 81.1 Å². The van der Waals surface area contributed by atoms with Crippen molar-refractivity contribution in [2.75, 3.05) is 85.3 Å². The number of hydrogen-bond acceptors (Lipinski definition) is 21. The maximum atomic E-state index is 13.6. The van der Waals surface area contributed by atoms with Gasteiger partial charge in [0.05, 0.1) is 6.04 Å². The van der Waals surface area contributed by atoms with Gasteiger partial charge in [-0.1, -0.05) is 221 Å². The number of nitrogens with two attached hydrogens (primary N) is 3. The first-order chi connectivity index (χ1) is 54.2. The van der Waals surface area contributed by atoms with Crippen molar-refractivity contribution < 1.29 is 77.4 Å². The van der Waals surface area contributed by atoms with E-state index >= 15 is 0 Å². The van der Waals surface area contributed by atoms with Crippen molar-refractivity contribution in [1.82, 2.24) is 31.1 Å². The highest BCUT2D eigenvalue weighted by molar-refractivity contribution is 7.99. The molecule has 0 bridgehead atoms. The number of carboxylic acids is 3. The molecule has 690 valence electrons. The number of halogens is 1. The van der Waals surface area contributed by atoms with E-state index in [1.54, 1.807) is 65.1 Å². The molecule has 25 nitrogen and oxygen atoms in total. The number of ether oxygens (including phenoxy) is 4. The van der Waals surface area contributed by atoms with Crippen LogP contribution < -0.4 is 38.5 Å². The minimum atomic E-state index is -1.13.